The molecule has 3 rings (SSSR count). The van der Waals surface area contributed by atoms with Crippen molar-refractivity contribution in [3.8, 4) is 0 Å². The van der Waals surface area contributed by atoms with Gasteiger partial charge < -0.3 is 5.32 Å². The van der Waals surface area contributed by atoms with E-state index >= 15 is 0 Å². The first-order valence-corrected chi connectivity index (χ1v) is 7.63. The average Bonchev–Trinajstić information content (AvgIpc) is 2.90. The summed E-state index contributed by atoms with van der Waals surface area (Å²) in [5, 5.41) is 3.87. The van der Waals surface area contributed by atoms with Gasteiger partial charge in [0, 0.05) is 24.2 Å². The Bertz CT molecular complexity index is 523. The third-order valence-corrected chi connectivity index (χ3v) is 4.94. The van der Waals surface area contributed by atoms with E-state index in [1.54, 1.807) is 18.2 Å². The second-order valence-corrected chi connectivity index (χ2v) is 6.33. The number of hydrazine groups is 1. The fraction of sp³-hybridized carbons (Fsp3) is 0.500. The van der Waals surface area contributed by atoms with E-state index in [9.17, 15) is 4.79 Å². The molecule has 1 aromatic carbocycles. The molecule has 2 aliphatic rings. The molecule has 1 aromatic rings. The molecule has 2 fully saturated rings. The Morgan fingerprint density at radius 2 is 2.10 bits per heavy atom. The van der Waals surface area contributed by atoms with Gasteiger partial charge in [-0.25, -0.2) is 0 Å². The van der Waals surface area contributed by atoms with Crippen LogP contribution in [-0.4, -0.2) is 18.5 Å². The van der Waals surface area contributed by atoms with Crippen LogP contribution >= 0.6 is 23.2 Å². The summed E-state index contributed by atoms with van der Waals surface area (Å²) >= 11 is 11.8. The first kappa shape index (κ1) is 14.1. The molecule has 0 bridgehead atoms. The monoisotopic (exact) mass is 313 g/mol. The number of rotatable bonds is 2. The summed E-state index contributed by atoms with van der Waals surface area (Å²) in [4.78, 5) is 12.3. The van der Waals surface area contributed by atoms with Crippen molar-refractivity contribution in [2.24, 2.45) is 11.8 Å². The van der Waals surface area contributed by atoms with E-state index in [2.05, 4.69) is 16.2 Å². The zero-order valence-electron chi connectivity index (χ0n) is 11.0. The minimum absolute atomic E-state index is 0.0538. The van der Waals surface area contributed by atoms with E-state index in [1.165, 1.54) is 0 Å². The third-order valence-electron chi connectivity index (χ3n) is 4.20. The fourth-order valence-corrected chi connectivity index (χ4v) is 3.33. The van der Waals surface area contributed by atoms with Gasteiger partial charge in [-0.1, -0.05) is 23.2 Å². The number of benzene rings is 1. The Morgan fingerprint density at radius 1 is 1.25 bits per heavy atom. The van der Waals surface area contributed by atoms with E-state index in [0.29, 0.717) is 27.7 Å². The number of hydrogen-bond donors (Lipinski definition) is 3. The van der Waals surface area contributed by atoms with E-state index in [4.69, 9.17) is 23.2 Å². The van der Waals surface area contributed by atoms with Crippen molar-refractivity contribution in [3.63, 3.8) is 0 Å². The normalized spacial score (nSPS) is 29.0. The number of nitrogens with one attached hydrogen (secondary N) is 3. The molecule has 1 heterocycles. The molecule has 3 atom stereocenters. The molecule has 0 spiro atoms. The molecule has 108 valence electrons. The zero-order valence-corrected chi connectivity index (χ0v) is 12.5. The molecule has 1 saturated heterocycles. The van der Waals surface area contributed by atoms with Crippen molar-refractivity contribution >= 4 is 34.8 Å². The molecular weight excluding hydrogens is 297 g/mol. The van der Waals surface area contributed by atoms with Crippen LogP contribution in [0.3, 0.4) is 0 Å². The maximum Gasteiger partial charge on any atom is 0.227 e. The minimum Gasteiger partial charge on any atom is -0.326 e. The van der Waals surface area contributed by atoms with Gasteiger partial charge in [0.15, 0.2) is 0 Å². The predicted octanol–water partition coefficient (Wildman–Crippen LogP) is 2.82. The molecule has 1 aliphatic carbocycles. The van der Waals surface area contributed by atoms with E-state index in [-0.39, 0.29) is 11.8 Å². The van der Waals surface area contributed by atoms with Crippen molar-refractivity contribution in [2.75, 3.05) is 11.9 Å². The number of anilines is 1. The fourth-order valence-electron chi connectivity index (χ4n) is 3.03. The SMILES string of the molecule is O=C(Nc1ccc(Cl)c(Cl)c1)C1CCC2CNNC2C1. The van der Waals surface area contributed by atoms with Crippen LogP contribution in [0.25, 0.3) is 0 Å². The maximum absolute atomic E-state index is 12.3. The summed E-state index contributed by atoms with van der Waals surface area (Å²) in [5.74, 6) is 0.776. The van der Waals surface area contributed by atoms with Gasteiger partial charge in [0.05, 0.1) is 10.0 Å². The highest BCUT2D eigenvalue weighted by atomic mass is 35.5. The van der Waals surface area contributed by atoms with Crippen LogP contribution in [0.15, 0.2) is 18.2 Å². The summed E-state index contributed by atoms with van der Waals surface area (Å²) < 4.78 is 0. The van der Waals surface area contributed by atoms with E-state index < -0.39 is 0 Å². The first-order chi connectivity index (χ1) is 9.63. The maximum atomic E-state index is 12.3. The quantitative estimate of drug-likeness (QED) is 0.787. The number of carbonyl (C=O) groups excluding carboxylic acids is 1. The van der Waals surface area contributed by atoms with Gasteiger partial charge in [-0.15, -0.1) is 0 Å². The largest absolute Gasteiger partial charge is 0.326 e. The third kappa shape index (κ3) is 2.93. The van der Waals surface area contributed by atoms with Gasteiger partial charge >= 0.3 is 0 Å². The molecule has 1 amide bonds. The summed E-state index contributed by atoms with van der Waals surface area (Å²) in [6, 6.07) is 5.56. The van der Waals surface area contributed by atoms with Crippen molar-refractivity contribution in [1.82, 2.24) is 10.9 Å². The Hall–Kier alpha value is -0.810. The van der Waals surface area contributed by atoms with Crippen LogP contribution in [0.5, 0.6) is 0 Å². The predicted molar refractivity (Wildman–Crippen MR) is 80.8 cm³/mol. The molecule has 1 saturated carbocycles. The summed E-state index contributed by atoms with van der Waals surface area (Å²) in [7, 11) is 0. The highest BCUT2D eigenvalue weighted by Gasteiger charge is 2.36. The van der Waals surface area contributed by atoms with Gasteiger partial charge in [-0.05, 0) is 43.4 Å². The van der Waals surface area contributed by atoms with Gasteiger partial charge in [0.2, 0.25) is 5.91 Å². The zero-order chi connectivity index (χ0) is 14.1. The molecular formula is C14H17Cl2N3O. The Kier molecular flexibility index (Phi) is 4.17. The Labute approximate surface area is 128 Å². The number of amides is 1. The van der Waals surface area contributed by atoms with Crippen molar-refractivity contribution in [1.29, 1.82) is 0 Å². The summed E-state index contributed by atoms with van der Waals surface area (Å²) in [5.41, 5.74) is 7.13. The molecule has 6 heteroatoms. The Morgan fingerprint density at radius 3 is 2.90 bits per heavy atom. The van der Waals surface area contributed by atoms with Gasteiger partial charge in [0.1, 0.15) is 0 Å². The number of halogens is 2. The van der Waals surface area contributed by atoms with Crippen LogP contribution in [0.1, 0.15) is 19.3 Å². The second kappa shape index (κ2) is 5.90. The summed E-state index contributed by atoms with van der Waals surface area (Å²) in [6.45, 7) is 1.01. The second-order valence-electron chi connectivity index (χ2n) is 5.52. The smallest absolute Gasteiger partial charge is 0.227 e. The molecule has 0 aromatic heterocycles. The van der Waals surface area contributed by atoms with Crippen molar-refractivity contribution in [2.45, 2.75) is 25.3 Å². The van der Waals surface area contributed by atoms with Crippen LogP contribution in [0.2, 0.25) is 10.0 Å². The highest BCUT2D eigenvalue weighted by molar-refractivity contribution is 6.42. The van der Waals surface area contributed by atoms with E-state index in [0.717, 1.165) is 25.8 Å². The van der Waals surface area contributed by atoms with Crippen LogP contribution in [-0.2, 0) is 4.79 Å². The summed E-state index contributed by atoms with van der Waals surface area (Å²) in [6.07, 6.45) is 2.91. The number of fused-ring (bicyclic) bond motifs is 1. The first-order valence-electron chi connectivity index (χ1n) is 6.88. The van der Waals surface area contributed by atoms with Gasteiger partial charge in [-0.2, -0.15) is 0 Å². The lowest BCUT2D eigenvalue weighted by Crippen LogP contribution is -2.39. The molecule has 4 nitrogen and oxygen atoms in total. The topological polar surface area (TPSA) is 53.2 Å². The van der Waals surface area contributed by atoms with E-state index in [1.807, 2.05) is 0 Å². The molecule has 3 N–H and O–H groups in total. The Balaban J connectivity index is 1.62. The molecule has 0 radical (unpaired) electrons. The van der Waals surface area contributed by atoms with Gasteiger partial charge in [0.25, 0.3) is 0 Å². The van der Waals surface area contributed by atoms with Gasteiger partial charge in [-0.3, -0.25) is 15.6 Å². The minimum atomic E-state index is 0.0538. The average molecular weight is 314 g/mol. The molecule has 20 heavy (non-hydrogen) atoms. The van der Waals surface area contributed by atoms with Crippen molar-refractivity contribution in [3.05, 3.63) is 28.2 Å². The lowest BCUT2D eigenvalue weighted by molar-refractivity contribution is -0.121. The molecule has 1 aliphatic heterocycles. The van der Waals surface area contributed by atoms with Crippen LogP contribution < -0.4 is 16.2 Å². The standard InChI is InChI=1S/C14H17Cl2N3O/c15-11-4-3-10(6-12(11)16)18-14(20)8-1-2-9-7-17-19-13(9)5-8/h3-4,6,8-9,13,17,19H,1-2,5,7H2,(H,18,20). The molecule has 3 unspecified atom stereocenters. The lowest BCUT2D eigenvalue weighted by atomic mass is 9.79. The number of carbonyl (C=O) groups is 1. The van der Waals surface area contributed by atoms with Crippen LogP contribution in [0.4, 0.5) is 5.69 Å². The lowest BCUT2D eigenvalue weighted by Gasteiger charge is -2.29. The highest BCUT2D eigenvalue weighted by Crippen LogP contribution is 2.32. The number of hydrogen-bond acceptors (Lipinski definition) is 3. The van der Waals surface area contributed by atoms with Crippen LogP contribution in [0, 0.1) is 11.8 Å². The van der Waals surface area contributed by atoms with Crippen molar-refractivity contribution < 1.29 is 4.79 Å².